The van der Waals surface area contributed by atoms with E-state index in [-0.39, 0.29) is 6.04 Å². The monoisotopic (exact) mass is 362 g/mol. The van der Waals surface area contributed by atoms with E-state index in [1.165, 1.54) is 5.56 Å². The molecule has 1 unspecified atom stereocenters. The molecule has 7 heteroatoms. The second-order valence-electron chi connectivity index (χ2n) is 6.55. The summed E-state index contributed by atoms with van der Waals surface area (Å²) >= 11 is 0. The molecule has 1 aliphatic heterocycles. The van der Waals surface area contributed by atoms with Crippen LogP contribution in [0.1, 0.15) is 35.5 Å². The average molecular weight is 362 g/mol. The molecule has 0 saturated carbocycles. The highest BCUT2D eigenvalue weighted by molar-refractivity contribution is 7.89. The molecular formula is C18H26N4O2S. The number of nitrogens with one attached hydrogen (secondary N) is 1. The fourth-order valence-corrected chi connectivity index (χ4v) is 5.49. The van der Waals surface area contributed by atoms with Gasteiger partial charge in [-0.2, -0.15) is 9.40 Å². The lowest BCUT2D eigenvalue weighted by molar-refractivity contribution is 0.271. The van der Waals surface area contributed by atoms with E-state index in [2.05, 4.69) is 29.5 Å². The highest BCUT2D eigenvalue weighted by Gasteiger charge is 2.37. The van der Waals surface area contributed by atoms with Gasteiger partial charge in [0.15, 0.2) is 0 Å². The lowest BCUT2D eigenvalue weighted by atomic mass is 10.0. The molecule has 0 bridgehead atoms. The van der Waals surface area contributed by atoms with Crippen molar-refractivity contribution < 1.29 is 8.42 Å². The number of aromatic nitrogens is 2. The Labute approximate surface area is 149 Å². The maximum Gasteiger partial charge on any atom is 0.247 e. The Hall–Kier alpha value is -1.70. The molecule has 6 nitrogen and oxygen atoms in total. The van der Waals surface area contributed by atoms with Crippen LogP contribution in [-0.2, 0) is 23.5 Å². The summed E-state index contributed by atoms with van der Waals surface area (Å²) in [5, 5.41) is 7.61. The third-order valence-corrected chi connectivity index (χ3v) is 7.14. The van der Waals surface area contributed by atoms with E-state index >= 15 is 0 Å². The molecule has 1 aliphatic rings. The number of piperazine rings is 1. The second kappa shape index (κ2) is 6.90. The first-order valence-corrected chi connectivity index (χ1v) is 10.1. The van der Waals surface area contributed by atoms with Crippen molar-refractivity contribution in [2.45, 2.75) is 38.1 Å². The number of sulfonamides is 1. The van der Waals surface area contributed by atoms with Crippen LogP contribution in [0.3, 0.4) is 0 Å². The Bertz CT molecular complexity index is 856. The molecule has 1 N–H and O–H groups in total. The van der Waals surface area contributed by atoms with Gasteiger partial charge in [0, 0.05) is 26.7 Å². The van der Waals surface area contributed by atoms with Crippen LogP contribution in [0, 0.1) is 13.8 Å². The van der Waals surface area contributed by atoms with E-state index in [4.69, 9.17) is 0 Å². The van der Waals surface area contributed by atoms with Crippen molar-refractivity contribution in [1.29, 1.82) is 0 Å². The highest BCUT2D eigenvalue weighted by atomic mass is 32.2. The molecule has 0 aliphatic carbocycles. The molecule has 0 radical (unpaired) electrons. The van der Waals surface area contributed by atoms with Crippen LogP contribution < -0.4 is 5.32 Å². The summed E-state index contributed by atoms with van der Waals surface area (Å²) in [7, 11) is -1.83. The molecule has 25 heavy (non-hydrogen) atoms. The van der Waals surface area contributed by atoms with Gasteiger partial charge in [0.25, 0.3) is 0 Å². The molecule has 0 spiro atoms. The smallest absolute Gasteiger partial charge is 0.247 e. The van der Waals surface area contributed by atoms with Crippen LogP contribution in [0.2, 0.25) is 0 Å². The molecular weight excluding hydrogens is 336 g/mol. The first-order chi connectivity index (χ1) is 11.9. The minimum Gasteiger partial charge on any atom is -0.313 e. The van der Waals surface area contributed by atoms with E-state index in [9.17, 15) is 8.42 Å². The van der Waals surface area contributed by atoms with Crippen molar-refractivity contribution in [2.24, 2.45) is 7.05 Å². The van der Waals surface area contributed by atoms with Crippen molar-refractivity contribution in [2.75, 3.05) is 19.6 Å². The molecule has 2 heterocycles. The van der Waals surface area contributed by atoms with Crippen LogP contribution in [0.25, 0.3) is 0 Å². The number of rotatable bonds is 4. The van der Waals surface area contributed by atoms with E-state index in [1.54, 1.807) is 29.9 Å². The quantitative estimate of drug-likeness (QED) is 0.903. The normalized spacial score (nSPS) is 19.3. The summed E-state index contributed by atoms with van der Waals surface area (Å²) < 4.78 is 30.0. The molecule has 0 amide bonds. The topological polar surface area (TPSA) is 67.2 Å². The Morgan fingerprint density at radius 3 is 2.48 bits per heavy atom. The molecule has 3 rings (SSSR count). The van der Waals surface area contributed by atoms with Crippen LogP contribution >= 0.6 is 0 Å². The Morgan fingerprint density at radius 1 is 1.24 bits per heavy atom. The third kappa shape index (κ3) is 3.23. The van der Waals surface area contributed by atoms with Gasteiger partial charge >= 0.3 is 0 Å². The van der Waals surface area contributed by atoms with Gasteiger partial charge in [0.05, 0.1) is 17.4 Å². The lowest BCUT2D eigenvalue weighted by Crippen LogP contribution is -2.48. The maximum atomic E-state index is 13.4. The fraction of sp³-hybridized carbons (Fsp3) is 0.500. The van der Waals surface area contributed by atoms with Gasteiger partial charge in [-0.1, -0.05) is 31.2 Å². The zero-order valence-electron chi connectivity index (χ0n) is 15.3. The van der Waals surface area contributed by atoms with Gasteiger partial charge in [-0.15, -0.1) is 0 Å². The molecule has 1 aromatic heterocycles. The maximum absolute atomic E-state index is 13.4. The fourth-order valence-electron chi connectivity index (χ4n) is 3.48. The zero-order valence-corrected chi connectivity index (χ0v) is 16.1. The standard InChI is InChI=1S/C18H26N4O2S/c1-5-15-6-8-16(9-7-15)17-12-19-10-11-22(17)25(23,24)18-13(2)20-21(4)14(18)3/h6-9,17,19H,5,10-12H2,1-4H3. The highest BCUT2D eigenvalue weighted by Crippen LogP contribution is 2.31. The summed E-state index contributed by atoms with van der Waals surface area (Å²) in [5.41, 5.74) is 3.50. The summed E-state index contributed by atoms with van der Waals surface area (Å²) in [4.78, 5) is 0.340. The average Bonchev–Trinajstić information content (AvgIpc) is 2.87. The number of benzene rings is 1. The minimum absolute atomic E-state index is 0.205. The van der Waals surface area contributed by atoms with Crippen molar-refractivity contribution in [1.82, 2.24) is 19.4 Å². The first-order valence-electron chi connectivity index (χ1n) is 8.67. The Kier molecular flexibility index (Phi) is 4.99. The van der Waals surface area contributed by atoms with Crippen LogP contribution in [0.5, 0.6) is 0 Å². The van der Waals surface area contributed by atoms with Gasteiger partial charge in [0.1, 0.15) is 4.90 Å². The zero-order chi connectivity index (χ0) is 18.2. The SMILES string of the molecule is CCc1ccc(C2CNCCN2S(=O)(=O)c2c(C)nn(C)c2C)cc1. The predicted molar refractivity (Wildman–Crippen MR) is 98.0 cm³/mol. The van der Waals surface area contributed by atoms with Crippen molar-refractivity contribution in [3.63, 3.8) is 0 Å². The van der Waals surface area contributed by atoms with Crippen LogP contribution in [0.15, 0.2) is 29.2 Å². The third-order valence-electron chi connectivity index (χ3n) is 4.98. The Balaban J connectivity index is 2.02. The largest absolute Gasteiger partial charge is 0.313 e. The summed E-state index contributed by atoms with van der Waals surface area (Å²) in [5.74, 6) is 0. The number of nitrogens with zero attached hydrogens (tertiary/aromatic N) is 3. The summed E-state index contributed by atoms with van der Waals surface area (Å²) in [6, 6.07) is 8.04. The molecule has 136 valence electrons. The molecule has 1 atom stereocenters. The van der Waals surface area contributed by atoms with Crippen molar-refractivity contribution in [3.8, 4) is 0 Å². The van der Waals surface area contributed by atoms with Crippen molar-refractivity contribution in [3.05, 3.63) is 46.8 Å². The van der Waals surface area contributed by atoms with Crippen molar-refractivity contribution >= 4 is 10.0 Å². The predicted octanol–water partition coefficient (Wildman–Crippen LogP) is 1.93. The second-order valence-corrected chi connectivity index (χ2v) is 8.38. The number of aryl methyl sites for hydroxylation is 3. The molecule has 2 aromatic rings. The number of hydrogen-bond acceptors (Lipinski definition) is 4. The van der Waals surface area contributed by atoms with E-state index in [1.807, 2.05) is 12.1 Å². The van der Waals surface area contributed by atoms with E-state index < -0.39 is 10.0 Å². The van der Waals surface area contributed by atoms with Crippen LogP contribution in [-0.4, -0.2) is 42.1 Å². The van der Waals surface area contributed by atoms with E-state index in [0.717, 1.165) is 12.0 Å². The van der Waals surface area contributed by atoms with Gasteiger partial charge in [-0.3, -0.25) is 4.68 Å². The minimum atomic E-state index is -3.61. The van der Waals surface area contributed by atoms with Gasteiger partial charge in [0.2, 0.25) is 10.0 Å². The summed E-state index contributed by atoms with van der Waals surface area (Å²) in [6.07, 6.45) is 0.972. The van der Waals surface area contributed by atoms with Crippen LogP contribution in [0.4, 0.5) is 0 Å². The van der Waals surface area contributed by atoms with E-state index in [0.29, 0.717) is 35.9 Å². The summed E-state index contributed by atoms with van der Waals surface area (Å²) in [6.45, 7) is 7.40. The first kappa shape index (κ1) is 18.1. The molecule has 1 aromatic carbocycles. The van der Waals surface area contributed by atoms with Gasteiger partial charge in [-0.25, -0.2) is 8.42 Å². The van der Waals surface area contributed by atoms with Gasteiger partial charge < -0.3 is 5.32 Å². The lowest BCUT2D eigenvalue weighted by Gasteiger charge is -2.35. The molecule has 1 saturated heterocycles. The Morgan fingerprint density at radius 2 is 1.92 bits per heavy atom. The molecule has 1 fully saturated rings. The number of hydrogen-bond donors (Lipinski definition) is 1. The van der Waals surface area contributed by atoms with Gasteiger partial charge in [-0.05, 0) is 31.4 Å².